The van der Waals surface area contributed by atoms with Gasteiger partial charge in [-0.2, -0.15) is 0 Å². The van der Waals surface area contributed by atoms with Crippen LogP contribution in [-0.2, 0) is 19.1 Å². The molecule has 7 heteroatoms. The van der Waals surface area contributed by atoms with Gasteiger partial charge in [-0.25, -0.2) is 0 Å². The van der Waals surface area contributed by atoms with Crippen LogP contribution < -0.4 is 14.2 Å². The number of methoxy groups -OCH3 is 5. The quantitative estimate of drug-likeness (QED) is 0.543. The van der Waals surface area contributed by atoms with Crippen molar-refractivity contribution >= 4 is 17.5 Å². The summed E-state index contributed by atoms with van der Waals surface area (Å²) in [6, 6.07) is 3.54. The van der Waals surface area contributed by atoms with Crippen molar-refractivity contribution in [1.82, 2.24) is 0 Å². The van der Waals surface area contributed by atoms with Crippen LogP contribution in [0.1, 0.15) is 39.2 Å². The molecular formula is C22H32O7. The molecule has 1 rings (SSSR count). The number of ether oxygens (including phenoxy) is 5. The van der Waals surface area contributed by atoms with Gasteiger partial charge in [0.15, 0.2) is 11.5 Å². The van der Waals surface area contributed by atoms with Crippen LogP contribution in [-0.4, -0.2) is 47.5 Å². The molecule has 162 valence electrons. The largest absolute Gasteiger partial charge is 0.493 e. The fraction of sp³-hybridized carbons (Fsp3) is 0.545. The molecule has 0 amide bonds. The van der Waals surface area contributed by atoms with Gasteiger partial charge in [0.25, 0.3) is 0 Å². The molecule has 1 aromatic rings. The molecule has 0 saturated carbocycles. The van der Waals surface area contributed by atoms with Crippen molar-refractivity contribution in [3.8, 4) is 17.2 Å². The van der Waals surface area contributed by atoms with Crippen LogP contribution in [0.5, 0.6) is 17.2 Å². The lowest BCUT2D eigenvalue weighted by Gasteiger charge is -2.34. The number of carbonyl (C=O) groups is 2. The molecule has 1 unspecified atom stereocenters. The number of hydrogen-bond donors (Lipinski definition) is 0. The molecule has 7 nitrogen and oxygen atoms in total. The monoisotopic (exact) mass is 408 g/mol. The van der Waals surface area contributed by atoms with Crippen LogP contribution in [0, 0.1) is 10.8 Å². The van der Waals surface area contributed by atoms with E-state index >= 15 is 0 Å². The van der Waals surface area contributed by atoms with E-state index in [1.165, 1.54) is 35.5 Å². The number of rotatable bonds is 10. The predicted molar refractivity (Wildman–Crippen MR) is 110 cm³/mol. The first kappa shape index (κ1) is 24.3. The molecule has 0 aliphatic heterocycles. The summed E-state index contributed by atoms with van der Waals surface area (Å²) in [6.45, 7) is 9.39. The van der Waals surface area contributed by atoms with Crippen LogP contribution in [0.15, 0.2) is 18.7 Å². The van der Waals surface area contributed by atoms with Crippen molar-refractivity contribution in [2.24, 2.45) is 10.8 Å². The van der Waals surface area contributed by atoms with Gasteiger partial charge >= 0.3 is 11.9 Å². The highest BCUT2D eigenvalue weighted by Crippen LogP contribution is 2.45. The van der Waals surface area contributed by atoms with Gasteiger partial charge in [-0.3, -0.25) is 9.59 Å². The molecule has 0 heterocycles. The van der Waals surface area contributed by atoms with Gasteiger partial charge in [-0.05, 0) is 56.9 Å². The number of benzene rings is 1. The lowest BCUT2D eigenvalue weighted by molar-refractivity contribution is -0.159. The summed E-state index contributed by atoms with van der Waals surface area (Å²) in [6.07, 6.45) is 0.488. The third-order valence-electron chi connectivity index (χ3n) is 4.92. The van der Waals surface area contributed by atoms with Gasteiger partial charge in [-0.15, -0.1) is 0 Å². The molecule has 0 spiro atoms. The van der Waals surface area contributed by atoms with E-state index in [1.54, 1.807) is 32.9 Å². The Labute approximate surface area is 172 Å². The summed E-state index contributed by atoms with van der Waals surface area (Å²) >= 11 is 0. The van der Waals surface area contributed by atoms with Gasteiger partial charge in [0, 0.05) is 0 Å². The standard InChI is InChI=1S/C22H32O7/c1-14(15-10-16(25-5)18(27-7)17(11-15)26-6)12-22(4,20(24)29-9)13-21(2,3)19(23)28-8/h10-11H,1,12-13H2,2-9H3. The molecule has 29 heavy (non-hydrogen) atoms. The van der Waals surface area contributed by atoms with Crippen molar-refractivity contribution < 1.29 is 33.3 Å². The highest BCUT2D eigenvalue weighted by atomic mass is 16.5. The predicted octanol–water partition coefficient (Wildman–Crippen LogP) is 3.88. The van der Waals surface area contributed by atoms with E-state index in [9.17, 15) is 9.59 Å². The van der Waals surface area contributed by atoms with Gasteiger partial charge in [-0.1, -0.05) is 6.58 Å². The Balaban J connectivity index is 3.32. The average molecular weight is 408 g/mol. The van der Waals surface area contributed by atoms with Gasteiger partial charge in [0.2, 0.25) is 5.75 Å². The Hall–Kier alpha value is -2.70. The minimum atomic E-state index is -0.996. The van der Waals surface area contributed by atoms with Crippen LogP contribution in [0.3, 0.4) is 0 Å². The highest BCUT2D eigenvalue weighted by Gasteiger charge is 2.44. The van der Waals surface area contributed by atoms with E-state index in [1.807, 2.05) is 0 Å². The lowest BCUT2D eigenvalue weighted by Crippen LogP contribution is -2.38. The number of esters is 2. The van der Waals surface area contributed by atoms with Crippen LogP contribution in [0.2, 0.25) is 0 Å². The molecule has 0 radical (unpaired) electrons. The van der Waals surface area contributed by atoms with Crippen LogP contribution in [0.4, 0.5) is 0 Å². The first-order chi connectivity index (χ1) is 13.5. The van der Waals surface area contributed by atoms with Crippen molar-refractivity contribution in [2.75, 3.05) is 35.5 Å². The molecular weight excluding hydrogens is 376 g/mol. The Morgan fingerprint density at radius 2 is 1.34 bits per heavy atom. The van der Waals surface area contributed by atoms with Crippen molar-refractivity contribution in [3.63, 3.8) is 0 Å². The summed E-state index contributed by atoms with van der Waals surface area (Å²) in [7, 11) is 7.24. The Kier molecular flexibility index (Phi) is 8.12. The number of hydrogen-bond acceptors (Lipinski definition) is 7. The van der Waals surface area contributed by atoms with E-state index in [4.69, 9.17) is 23.7 Å². The lowest BCUT2D eigenvalue weighted by atomic mass is 9.70. The van der Waals surface area contributed by atoms with Gasteiger partial charge in [0.05, 0.1) is 46.4 Å². The second-order valence-corrected chi connectivity index (χ2v) is 7.80. The maximum absolute atomic E-state index is 12.7. The molecule has 0 fully saturated rings. The highest BCUT2D eigenvalue weighted by molar-refractivity contribution is 5.83. The third kappa shape index (κ3) is 5.43. The summed E-state index contributed by atoms with van der Waals surface area (Å²) in [5.74, 6) is 0.610. The van der Waals surface area contributed by atoms with E-state index in [-0.39, 0.29) is 12.8 Å². The summed E-state index contributed by atoms with van der Waals surface area (Å²) in [5.41, 5.74) is -0.486. The average Bonchev–Trinajstić information content (AvgIpc) is 2.70. The molecule has 0 saturated heterocycles. The Morgan fingerprint density at radius 1 is 0.862 bits per heavy atom. The zero-order valence-corrected chi connectivity index (χ0v) is 18.6. The zero-order valence-electron chi connectivity index (χ0n) is 18.6. The molecule has 0 N–H and O–H groups in total. The number of allylic oxidation sites excluding steroid dienone is 1. The smallest absolute Gasteiger partial charge is 0.311 e. The first-order valence-corrected chi connectivity index (χ1v) is 9.14. The second-order valence-electron chi connectivity index (χ2n) is 7.80. The van der Waals surface area contributed by atoms with E-state index in [0.29, 0.717) is 22.8 Å². The van der Waals surface area contributed by atoms with Crippen LogP contribution in [0.25, 0.3) is 5.57 Å². The first-order valence-electron chi connectivity index (χ1n) is 9.14. The van der Waals surface area contributed by atoms with Gasteiger partial charge < -0.3 is 23.7 Å². The molecule has 0 aliphatic carbocycles. The van der Waals surface area contributed by atoms with E-state index in [2.05, 4.69) is 6.58 Å². The summed E-state index contributed by atoms with van der Waals surface area (Å²) < 4.78 is 26.1. The van der Waals surface area contributed by atoms with Crippen molar-refractivity contribution in [3.05, 3.63) is 24.3 Å². The molecule has 0 bridgehead atoms. The fourth-order valence-corrected chi connectivity index (χ4v) is 3.64. The van der Waals surface area contributed by atoms with Crippen LogP contribution >= 0.6 is 0 Å². The molecule has 1 aromatic carbocycles. The Morgan fingerprint density at radius 3 is 1.72 bits per heavy atom. The van der Waals surface area contributed by atoms with Crippen molar-refractivity contribution in [1.29, 1.82) is 0 Å². The number of carbonyl (C=O) groups excluding carboxylic acids is 2. The molecule has 1 atom stereocenters. The topological polar surface area (TPSA) is 80.3 Å². The maximum Gasteiger partial charge on any atom is 0.311 e. The van der Waals surface area contributed by atoms with E-state index < -0.39 is 22.8 Å². The molecule has 0 aliphatic rings. The zero-order chi connectivity index (χ0) is 22.4. The Bertz CT molecular complexity index is 741. The second kappa shape index (κ2) is 9.67. The third-order valence-corrected chi connectivity index (χ3v) is 4.92. The SMILES string of the molecule is C=C(CC(C)(CC(C)(C)C(=O)OC)C(=O)OC)c1cc(OC)c(OC)c(OC)c1. The van der Waals surface area contributed by atoms with E-state index in [0.717, 1.165) is 5.56 Å². The van der Waals surface area contributed by atoms with Crippen molar-refractivity contribution in [2.45, 2.75) is 33.6 Å². The summed E-state index contributed by atoms with van der Waals surface area (Å²) in [5, 5.41) is 0. The summed E-state index contributed by atoms with van der Waals surface area (Å²) in [4.78, 5) is 24.8. The maximum atomic E-state index is 12.7. The minimum absolute atomic E-state index is 0.225. The normalized spacial score (nSPS) is 13.1. The molecule has 0 aromatic heterocycles. The minimum Gasteiger partial charge on any atom is -0.493 e. The van der Waals surface area contributed by atoms with Gasteiger partial charge in [0.1, 0.15) is 0 Å². The fourth-order valence-electron chi connectivity index (χ4n) is 3.64.